The van der Waals surface area contributed by atoms with E-state index in [1.807, 2.05) is 36.4 Å². The van der Waals surface area contributed by atoms with Crippen LogP contribution in [0.1, 0.15) is 22.3 Å². The van der Waals surface area contributed by atoms with E-state index in [2.05, 4.69) is 46.8 Å². The molecule has 0 saturated carbocycles. The van der Waals surface area contributed by atoms with Crippen LogP contribution in [0.3, 0.4) is 0 Å². The third kappa shape index (κ3) is 3.69. The zero-order valence-electron chi connectivity index (χ0n) is 11.0. The molecule has 2 rings (SSSR count). The van der Waals surface area contributed by atoms with E-state index < -0.39 is 0 Å². The minimum atomic E-state index is 0.666. The first-order valence-corrected chi connectivity index (χ1v) is 7.10. The van der Waals surface area contributed by atoms with Crippen LogP contribution in [0, 0.1) is 11.3 Å². The Morgan fingerprint density at radius 1 is 1.10 bits per heavy atom. The van der Waals surface area contributed by atoms with Crippen LogP contribution in [0.5, 0.6) is 0 Å². The van der Waals surface area contributed by atoms with Gasteiger partial charge in [-0.25, -0.2) is 0 Å². The van der Waals surface area contributed by atoms with Crippen molar-refractivity contribution in [3.63, 3.8) is 0 Å². The van der Waals surface area contributed by atoms with Gasteiger partial charge in [0.25, 0.3) is 0 Å². The van der Waals surface area contributed by atoms with Gasteiger partial charge in [0.1, 0.15) is 0 Å². The molecule has 0 amide bonds. The lowest BCUT2D eigenvalue weighted by atomic mass is 10.0. The van der Waals surface area contributed by atoms with Crippen LogP contribution in [-0.4, -0.2) is 0 Å². The topological polar surface area (TPSA) is 23.8 Å². The van der Waals surface area contributed by atoms with Gasteiger partial charge in [0, 0.05) is 4.47 Å². The Bertz CT molecular complexity index is 676. The molecule has 2 aromatic carbocycles. The van der Waals surface area contributed by atoms with Gasteiger partial charge >= 0.3 is 0 Å². The fourth-order valence-corrected chi connectivity index (χ4v) is 2.18. The Labute approximate surface area is 128 Å². The molecule has 0 atom stereocenters. The predicted molar refractivity (Wildman–Crippen MR) is 88.1 cm³/mol. The summed E-state index contributed by atoms with van der Waals surface area (Å²) in [7, 11) is 0. The fourth-order valence-electron chi connectivity index (χ4n) is 1.92. The lowest BCUT2D eigenvalue weighted by molar-refractivity contribution is 1.27. The van der Waals surface area contributed by atoms with Gasteiger partial charge in [-0.3, -0.25) is 0 Å². The van der Waals surface area contributed by atoms with E-state index in [4.69, 9.17) is 5.26 Å². The molecular weight excluding hydrogens is 310 g/mol. The molecule has 0 spiro atoms. The number of benzene rings is 2. The van der Waals surface area contributed by atoms with Gasteiger partial charge in [0.2, 0.25) is 0 Å². The summed E-state index contributed by atoms with van der Waals surface area (Å²) in [6.45, 7) is 3.80. The zero-order chi connectivity index (χ0) is 14.4. The maximum atomic E-state index is 8.95. The van der Waals surface area contributed by atoms with E-state index in [1.54, 1.807) is 6.08 Å². The lowest BCUT2D eigenvalue weighted by Crippen LogP contribution is -1.84. The number of hydrogen-bond acceptors (Lipinski definition) is 1. The van der Waals surface area contributed by atoms with Gasteiger partial charge in [-0.05, 0) is 47.4 Å². The fraction of sp³-hybridized carbons (Fsp3) is 0.0556. The average Bonchev–Trinajstić information content (AvgIpc) is 2.49. The highest BCUT2D eigenvalue weighted by molar-refractivity contribution is 9.10. The Kier molecular flexibility index (Phi) is 4.92. The molecule has 98 valence electrons. The molecule has 0 saturated heterocycles. The monoisotopic (exact) mass is 323 g/mol. The van der Waals surface area contributed by atoms with Crippen molar-refractivity contribution in [3.05, 3.63) is 81.8 Å². The first-order chi connectivity index (χ1) is 9.72. The normalized spacial score (nSPS) is 10.4. The van der Waals surface area contributed by atoms with E-state index >= 15 is 0 Å². The molecular formula is C18H14BrN. The molecule has 0 heterocycles. The minimum absolute atomic E-state index is 0.666. The van der Waals surface area contributed by atoms with E-state index in [9.17, 15) is 0 Å². The number of halogens is 1. The SMILES string of the molecule is C=Cc1ccc(C#N)cc1/C=C\Cc1ccc(Br)cc1. The van der Waals surface area contributed by atoms with Gasteiger partial charge < -0.3 is 0 Å². The number of hydrogen-bond donors (Lipinski definition) is 0. The van der Waals surface area contributed by atoms with Crippen molar-refractivity contribution < 1.29 is 0 Å². The molecule has 0 aliphatic carbocycles. The van der Waals surface area contributed by atoms with Crippen molar-refractivity contribution in [2.75, 3.05) is 0 Å². The standard InChI is InChI=1S/C18H14BrN/c1-2-16-9-6-15(13-20)12-17(16)5-3-4-14-7-10-18(19)11-8-14/h2-3,5-12H,1,4H2/b5-3-. The van der Waals surface area contributed by atoms with Crippen LogP contribution in [0.15, 0.2) is 59.6 Å². The van der Waals surface area contributed by atoms with Crippen LogP contribution in [0.2, 0.25) is 0 Å². The lowest BCUT2D eigenvalue weighted by Gasteiger charge is -2.02. The van der Waals surface area contributed by atoms with Gasteiger partial charge in [0.05, 0.1) is 11.6 Å². The van der Waals surface area contributed by atoms with Crippen molar-refractivity contribution >= 4 is 28.1 Å². The summed E-state index contributed by atoms with van der Waals surface area (Å²) < 4.78 is 1.08. The van der Waals surface area contributed by atoms with Gasteiger partial charge in [-0.2, -0.15) is 5.26 Å². The molecule has 0 unspecified atom stereocenters. The second kappa shape index (κ2) is 6.88. The van der Waals surface area contributed by atoms with Crippen molar-refractivity contribution in [3.8, 4) is 6.07 Å². The van der Waals surface area contributed by atoms with Crippen molar-refractivity contribution in [2.24, 2.45) is 0 Å². The van der Waals surface area contributed by atoms with Gasteiger partial charge in [-0.1, -0.05) is 58.9 Å². The van der Waals surface area contributed by atoms with Crippen LogP contribution in [-0.2, 0) is 6.42 Å². The highest BCUT2D eigenvalue weighted by Gasteiger charge is 1.98. The van der Waals surface area contributed by atoms with Crippen LogP contribution in [0.25, 0.3) is 12.2 Å². The number of allylic oxidation sites excluding steroid dienone is 1. The summed E-state index contributed by atoms with van der Waals surface area (Å²) in [6, 6.07) is 16.0. The Hall–Kier alpha value is -2.11. The average molecular weight is 324 g/mol. The summed E-state index contributed by atoms with van der Waals surface area (Å²) in [5, 5.41) is 8.95. The summed E-state index contributed by atoms with van der Waals surface area (Å²) in [5.74, 6) is 0. The van der Waals surface area contributed by atoms with Crippen LogP contribution in [0.4, 0.5) is 0 Å². The number of rotatable bonds is 4. The minimum Gasteiger partial charge on any atom is -0.192 e. The molecule has 0 bridgehead atoms. The highest BCUT2D eigenvalue weighted by Crippen LogP contribution is 2.16. The van der Waals surface area contributed by atoms with Crippen molar-refractivity contribution in [2.45, 2.75) is 6.42 Å². The van der Waals surface area contributed by atoms with E-state index in [0.717, 1.165) is 22.0 Å². The molecule has 0 N–H and O–H groups in total. The quantitative estimate of drug-likeness (QED) is 0.756. The predicted octanol–water partition coefficient (Wildman–Crippen LogP) is 5.22. The molecule has 20 heavy (non-hydrogen) atoms. The van der Waals surface area contributed by atoms with E-state index in [1.165, 1.54) is 5.56 Å². The van der Waals surface area contributed by atoms with Crippen molar-refractivity contribution in [1.82, 2.24) is 0 Å². The molecule has 0 radical (unpaired) electrons. The van der Waals surface area contributed by atoms with Crippen LogP contribution >= 0.6 is 15.9 Å². The van der Waals surface area contributed by atoms with Crippen molar-refractivity contribution in [1.29, 1.82) is 5.26 Å². The third-order valence-corrected chi connectivity index (χ3v) is 3.53. The second-order valence-corrected chi connectivity index (χ2v) is 5.31. The summed E-state index contributed by atoms with van der Waals surface area (Å²) >= 11 is 3.43. The molecule has 0 aromatic heterocycles. The maximum absolute atomic E-state index is 8.95. The van der Waals surface area contributed by atoms with E-state index in [-0.39, 0.29) is 0 Å². The summed E-state index contributed by atoms with van der Waals surface area (Å²) in [4.78, 5) is 0. The Balaban J connectivity index is 2.16. The van der Waals surface area contributed by atoms with E-state index in [0.29, 0.717) is 5.56 Å². The molecule has 2 aromatic rings. The largest absolute Gasteiger partial charge is 0.192 e. The maximum Gasteiger partial charge on any atom is 0.0991 e. The summed E-state index contributed by atoms with van der Waals surface area (Å²) in [6.07, 6.45) is 6.81. The Morgan fingerprint density at radius 3 is 2.50 bits per heavy atom. The third-order valence-electron chi connectivity index (χ3n) is 3.00. The smallest absolute Gasteiger partial charge is 0.0991 e. The number of nitrogens with zero attached hydrogens (tertiary/aromatic N) is 1. The Morgan fingerprint density at radius 2 is 1.85 bits per heavy atom. The highest BCUT2D eigenvalue weighted by atomic mass is 79.9. The molecule has 2 heteroatoms. The zero-order valence-corrected chi connectivity index (χ0v) is 12.6. The first-order valence-electron chi connectivity index (χ1n) is 6.30. The van der Waals surface area contributed by atoms with Gasteiger partial charge in [0.15, 0.2) is 0 Å². The number of nitriles is 1. The van der Waals surface area contributed by atoms with Gasteiger partial charge in [-0.15, -0.1) is 0 Å². The summed E-state index contributed by atoms with van der Waals surface area (Å²) in [5.41, 5.74) is 3.98. The van der Waals surface area contributed by atoms with Crippen LogP contribution < -0.4 is 0 Å². The second-order valence-electron chi connectivity index (χ2n) is 4.39. The molecule has 0 aliphatic heterocycles. The molecule has 1 nitrogen and oxygen atoms in total. The molecule has 0 fully saturated rings. The first kappa shape index (κ1) is 14.3. The molecule has 0 aliphatic rings.